The van der Waals surface area contributed by atoms with Crippen LogP contribution in [0.2, 0.25) is 10.1 Å². The van der Waals surface area contributed by atoms with Gasteiger partial charge in [0.15, 0.2) is 5.60 Å². The van der Waals surface area contributed by atoms with E-state index in [9.17, 15) is 4.79 Å². The Hall–Kier alpha value is -3.56. The van der Waals surface area contributed by atoms with E-state index in [4.69, 9.17) is 13.6 Å². The third kappa shape index (κ3) is 6.95. The minimum atomic E-state index is -2.93. The Kier molecular flexibility index (Phi) is 10.8. The van der Waals surface area contributed by atoms with E-state index in [-0.39, 0.29) is 29.3 Å². The van der Waals surface area contributed by atoms with E-state index in [1.54, 1.807) is 0 Å². The maximum Gasteiger partial charge on any atom is 0.334 e. The number of esters is 1. The molecule has 4 aromatic carbocycles. The summed E-state index contributed by atoms with van der Waals surface area (Å²) in [5, 5.41) is 4.32. The minimum absolute atomic E-state index is 0.223. The van der Waals surface area contributed by atoms with Crippen LogP contribution in [0.5, 0.6) is 0 Å². The van der Waals surface area contributed by atoms with Crippen molar-refractivity contribution in [3.05, 3.63) is 133 Å². The summed E-state index contributed by atoms with van der Waals surface area (Å²) in [6.07, 6.45) is 4.28. The zero-order valence-corrected chi connectivity index (χ0v) is 31.8. The summed E-state index contributed by atoms with van der Waals surface area (Å²) in [6, 6.07) is 42.6. The molecule has 0 aliphatic carbocycles. The van der Waals surface area contributed by atoms with Gasteiger partial charge in [-0.15, -0.1) is 0 Å². The van der Waals surface area contributed by atoms with Gasteiger partial charge < -0.3 is 13.6 Å². The van der Waals surface area contributed by atoms with Gasteiger partial charge in [0.1, 0.15) is 0 Å². The molecule has 4 nitrogen and oxygen atoms in total. The van der Waals surface area contributed by atoms with Crippen molar-refractivity contribution in [2.75, 3.05) is 13.2 Å². The van der Waals surface area contributed by atoms with Crippen LogP contribution in [0, 0.1) is 0 Å². The van der Waals surface area contributed by atoms with Crippen molar-refractivity contribution in [2.45, 2.75) is 83.4 Å². The summed E-state index contributed by atoms with van der Waals surface area (Å²) in [5.41, 5.74) is -0.273. The molecule has 0 radical (unpaired) electrons. The van der Waals surface area contributed by atoms with Crippen LogP contribution in [0.4, 0.5) is 0 Å². The molecule has 0 N–H and O–H groups in total. The Morgan fingerprint density at radius 3 is 1.25 bits per heavy atom. The van der Waals surface area contributed by atoms with Crippen molar-refractivity contribution in [3.63, 3.8) is 0 Å². The van der Waals surface area contributed by atoms with Crippen molar-refractivity contribution in [1.29, 1.82) is 0 Å². The summed E-state index contributed by atoms with van der Waals surface area (Å²) < 4.78 is 21.5. The number of cyclic esters (lactones) is 1. The van der Waals surface area contributed by atoms with E-state index in [1.165, 1.54) is 20.7 Å². The summed E-state index contributed by atoms with van der Waals surface area (Å²) in [5.74, 6) is -0.263. The molecule has 4 aromatic rings. The number of hydrogen-bond donors (Lipinski definition) is 0. The summed E-state index contributed by atoms with van der Waals surface area (Å²) in [4.78, 5) is 13.6. The van der Waals surface area contributed by atoms with Gasteiger partial charge in [-0.25, -0.2) is 4.79 Å². The Labute approximate surface area is 290 Å². The van der Waals surface area contributed by atoms with E-state index >= 15 is 0 Å². The lowest BCUT2D eigenvalue weighted by Gasteiger charge is -2.46. The van der Waals surface area contributed by atoms with Gasteiger partial charge >= 0.3 is 5.97 Å². The Bertz CT molecular complexity index is 1470. The van der Waals surface area contributed by atoms with Crippen LogP contribution in [-0.2, 0) is 18.4 Å². The Balaban J connectivity index is 1.64. The second-order valence-electron chi connectivity index (χ2n) is 15.2. The lowest BCUT2D eigenvalue weighted by molar-refractivity contribution is -0.152. The predicted octanol–water partition coefficient (Wildman–Crippen LogP) is 7.55. The van der Waals surface area contributed by atoms with Crippen LogP contribution >= 0.6 is 0 Å². The number of carbonyl (C=O) groups excluding carboxylic acids is 1. The number of hydrogen-bond acceptors (Lipinski definition) is 4. The molecule has 5 rings (SSSR count). The van der Waals surface area contributed by atoms with E-state index in [0.717, 1.165) is 12.8 Å². The number of unbranched alkanes of at least 4 members (excludes halogenated alkanes) is 1. The van der Waals surface area contributed by atoms with Crippen LogP contribution in [0.1, 0.15) is 67.7 Å². The van der Waals surface area contributed by atoms with Gasteiger partial charge in [0.05, 0.1) is 13.2 Å². The molecule has 0 atom stereocenters. The van der Waals surface area contributed by atoms with Crippen molar-refractivity contribution < 1.29 is 18.4 Å². The lowest BCUT2D eigenvalue weighted by atomic mass is 9.99. The molecule has 252 valence electrons. The molecule has 1 aliphatic heterocycles. The van der Waals surface area contributed by atoms with Gasteiger partial charge in [-0.1, -0.05) is 182 Å². The average Bonchev–Trinajstić information content (AvgIpc) is 3.40. The van der Waals surface area contributed by atoms with E-state index in [0.29, 0.717) is 12.0 Å². The maximum absolute atomic E-state index is 13.6. The molecule has 0 spiro atoms. The first kappa shape index (κ1) is 35.7. The molecule has 0 aromatic heterocycles. The van der Waals surface area contributed by atoms with Gasteiger partial charge in [-0.3, -0.25) is 0 Å². The normalized spacial score (nSPS) is 16.2. The number of benzene rings is 4. The number of rotatable bonds is 12. The van der Waals surface area contributed by atoms with Crippen molar-refractivity contribution in [1.82, 2.24) is 0 Å². The molecule has 1 fully saturated rings. The lowest BCUT2D eigenvalue weighted by Crippen LogP contribution is -2.69. The van der Waals surface area contributed by atoms with Gasteiger partial charge in [0.2, 0.25) is 0 Å². The Morgan fingerprint density at radius 1 is 0.625 bits per heavy atom. The smallest absolute Gasteiger partial charge is 0.334 e. The molecule has 6 heteroatoms. The monoisotopic (exact) mass is 676 g/mol. The highest BCUT2D eigenvalue weighted by atomic mass is 28.4. The van der Waals surface area contributed by atoms with Gasteiger partial charge in [0, 0.05) is 12.0 Å². The van der Waals surface area contributed by atoms with Crippen molar-refractivity contribution in [2.24, 2.45) is 0 Å². The first-order valence-corrected chi connectivity index (χ1v) is 21.1. The highest BCUT2D eigenvalue weighted by molar-refractivity contribution is 7.00. The van der Waals surface area contributed by atoms with E-state index in [2.05, 4.69) is 176 Å². The third-order valence-electron chi connectivity index (χ3n) is 9.70. The number of carbonyl (C=O) groups is 1. The molecule has 48 heavy (non-hydrogen) atoms. The summed E-state index contributed by atoms with van der Waals surface area (Å²) in [6.45, 7) is 16.2. The summed E-state index contributed by atoms with van der Waals surface area (Å²) >= 11 is 0. The molecule has 1 heterocycles. The highest BCUT2D eigenvalue weighted by Crippen LogP contribution is 2.42. The first-order chi connectivity index (χ1) is 22.9. The SMILES string of the molecule is CCC/C=C1\CC(CO[Si](c2ccccc2)(c2ccccc2)C(C)(C)C)(CO[Si](c2ccccc2)(c2ccccc2)C(C)(C)C)OC1=O. The van der Waals surface area contributed by atoms with Crippen molar-refractivity contribution in [3.8, 4) is 0 Å². The standard InChI is InChI=1S/C42H52O4Si2/c1-8-9-22-34-31-42(46-39(34)43,32-44-47(40(2,3)4,35-23-14-10-15-24-35)36-25-16-11-17-26-36)33-45-48(41(5,6)7,37-27-18-12-19-28-37)38-29-20-13-21-30-38/h10-30H,8-9,31-33H2,1-7H3/b34-22+. The predicted molar refractivity (Wildman–Crippen MR) is 204 cm³/mol. The van der Waals surface area contributed by atoms with Gasteiger partial charge in [-0.05, 0) is 37.2 Å². The van der Waals surface area contributed by atoms with Gasteiger partial charge in [0.25, 0.3) is 16.6 Å². The van der Waals surface area contributed by atoms with Crippen LogP contribution in [-0.4, -0.2) is 41.4 Å². The number of allylic oxidation sites excluding steroid dienone is 1. The largest absolute Gasteiger partial charge is 0.451 e. The average molecular weight is 677 g/mol. The van der Waals surface area contributed by atoms with Crippen LogP contribution in [0.15, 0.2) is 133 Å². The van der Waals surface area contributed by atoms with Gasteiger partial charge in [-0.2, -0.15) is 0 Å². The van der Waals surface area contributed by atoms with Crippen LogP contribution in [0.3, 0.4) is 0 Å². The fourth-order valence-corrected chi connectivity index (χ4v) is 16.7. The molecule has 0 bridgehead atoms. The molecular formula is C42H52O4Si2. The molecule has 0 unspecified atom stereocenters. The first-order valence-electron chi connectivity index (χ1n) is 17.3. The zero-order chi connectivity index (χ0) is 34.5. The molecular weight excluding hydrogens is 625 g/mol. The zero-order valence-electron chi connectivity index (χ0n) is 29.8. The Morgan fingerprint density at radius 2 is 0.958 bits per heavy atom. The van der Waals surface area contributed by atoms with E-state index < -0.39 is 22.2 Å². The number of ether oxygens (including phenoxy) is 1. The van der Waals surface area contributed by atoms with Crippen molar-refractivity contribution >= 4 is 43.4 Å². The maximum atomic E-state index is 13.6. The topological polar surface area (TPSA) is 44.8 Å². The van der Waals surface area contributed by atoms with Crippen LogP contribution in [0.25, 0.3) is 0 Å². The highest BCUT2D eigenvalue weighted by Gasteiger charge is 2.56. The quantitative estimate of drug-likeness (QED) is 0.0884. The summed E-state index contributed by atoms with van der Waals surface area (Å²) in [7, 11) is -5.86. The fourth-order valence-electron chi connectivity index (χ4n) is 7.40. The molecule has 1 saturated heterocycles. The second-order valence-corrected chi connectivity index (χ2v) is 23.8. The molecule has 0 amide bonds. The third-order valence-corrected chi connectivity index (χ3v) is 19.7. The van der Waals surface area contributed by atoms with Crippen LogP contribution < -0.4 is 20.7 Å². The molecule has 1 aliphatic rings. The second kappa shape index (κ2) is 14.5. The minimum Gasteiger partial charge on any atom is -0.451 e. The fraction of sp³-hybridized carbons (Fsp3) is 0.357. The van der Waals surface area contributed by atoms with E-state index in [1.807, 2.05) is 0 Å². The molecule has 0 saturated carbocycles.